The molecule has 1 saturated heterocycles. The molecular formula is C29H30Cl2N8O2S. The first-order valence-electron chi connectivity index (χ1n) is 13.6. The van der Waals surface area contributed by atoms with Crippen LogP contribution in [0.2, 0.25) is 10.2 Å². The van der Waals surface area contributed by atoms with Crippen molar-refractivity contribution < 1.29 is 9.53 Å². The molecule has 218 valence electrons. The van der Waals surface area contributed by atoms with Gasteiger partial charge in [0.25, 0.3) is 5.91 Å². The smallest absolute Gasteiger partial charge is 0.257 e. The van der Waals surface area contributed by atoms with Crippen LogP contribution >= 0.6 is 34.5 Å². The van der Waals surface area contributed by atoms with Gasteiger partial charge in [-0.25, -0.2) is 9.97 Å². The van der Waals surface area contributed by atoms with Crippen LogP contribution in [0.3, 0.4) is 0 Å². The number of thiophene rings is 1. The highest BCUT2D eigenvalue weighted by Gasteiger charge is 2.24. The number of anilines is 5. The molecule has 0 spiro atoms. The molecule has 0 radical (unpaired) electrons. The number of methoxy groups -OCH3 is 1. The number of rotatable bonds is 7. The lowest BCUT2D eigenvalue weighted by Crippen LogP contribution is -2.44. The summed E-state index contributed by atoms with van der Waals surface area (Å²) < 4.78 is 5.80. The minimum absolute atomic E-state index is 0.298. The Labute approximate surface area is 258 Å². The van der Waals surface area contributed by atoms with E-state index in [0.29, 0.717) is 44.6 Å². The summed E-state index contributed by atoms with van der Waals surface area (Å²) in [4.78, 5) is 34.6. The summed E-state index contributed by atoms with van der Waals surface area (Å²) >= 11 is 14.3. The van der Waals surface area contributed by atoms with Crippen molar-refractivity contribution in [1.29, 1.82) is 0 Å². The summed E-state index contributed by atoms with van der Waals surface area (Å²) in [7, 11) is 3.72. The van der Waals surface area contributed by atoms with Gasteiger partial charge in [0.1, 0.15) is 15.9 Å². The fraction of sp³-hybridized carbons (Fsp3) is 0.310. The fourth-order valence-electron chi connectivity index (χ4n) is 5.14. The van der Waals surface area contributed by atoms with Crippen molar-refractivity contribution in [2.75, 3.05) is 67.3 Å². The van der Waals surface area contributed by atoms with E-state index in [9.17, 15) is 4.79 Å². The second-order valence-corrected chi connectivity index (χ2v) is 12.0. The van der Waals surface area contributed by atoms with Gasteiger partial charge in [-0.2, -0.15) is 4.98 Å². The van der Waals surface area contributed by atoms with Crippen LogP contribution in [0.5, 0.6) is 5.75 Å². The number of fused-ring (bicyclic) bond motifs is 1. The summed E-state index contributed by atoms with van der Waals surface area (Å²) in [5.41, 5.74) is 3.78. The molecule has 42 heavy (non-hydrogen) atoms. The third-order valence-electron chi connectivity index (χ3n) is 7.48. The first-order valence-corrected chi connectivity index (χ1v) is 15.2. The number of ether oxygens (including phenoxy) is 1. The monoisotopic (exact) mass is 624 g/mol. The Bertz CT molecular complexity index is 1590. The number of pyridine rings is 1. The number of carbonyl (C=O) groups is 1. The van der Waals surface area contributed by atoms with E-state index in [-0.39, 0.29) is 5.91 Å². The van der Waals surface area contributed by atoms with Gasteiger partial charge in [0.15, 0.2) is 5.82 Å². The highest BCUT2D eigenvalue weighted by Crippen LogP contribution is 2.39. The molecule has 0 unspecified atom stereocenters. The van der Waals surface area contributed by atoms with E-state index < -0.39 is 0 Å². The standard InChI is InChI=1S/C29H30Cl2N8O2S/c1-37-8-10-38(11-9-37)23-14-24(41-2)22(13-21(23)34-28(40)18-3-4-26(31)32-15-18)35-29-33-16-20(30)27(36-29)39-7-5-25-19(17-39)6-12-42-25/h3-4,6,12-16H,5,7-11,17H2,1-2H3,(H,34,40)(H,33,35,36). The number of hydrogen-bond acceptors (Lipinski definition) is 10. The van der Waals surface area contributed by atoms with Crippen LogP contribution in [0, 0.1) is 0 Å². The number of nitrogens with zero attached hydrogens (tertiary/aromatic N) is 6. The number of nitrogens with one attached hydrogen (secondary N) is 2. The minimum Gasteiger partial charge on any atom is -0.494 e. The quantitative estimate of drug-likeness (QED) is 0.256. The third kappa shape index (κ3) is 6.10. The van der Waals surface area contributed by atoms with Crippen LogP contribution in [-0.2, 0) is 13.0 Å². The van der Waals surface area contributed by atoms with Crippen LogP contribution in [-0.4, -0.2) is 72.6 Å². The van der Waals surface area contributed by atoms with Crippen LogP contribution in [0.4, 0.5) is 28.8 Å². The van der Waals surface area contributed by atoms with E-state index >= 15 is 0 Å². The van der Waals surface area contributed by atoms with Crippen molar-refractivity contribution in [2.24, 2.45) is 0 Å². The van der Waals surface area contributed by atoms with Crippen LogP contribution in [0.15, 0.2) is 48.1 Å². The van der Waals surface area contributed by atoms with Gasteiger partial charge in [-0.05, 0) is 48.7 Å². The molecular weight excluding hydrogens is 595 g/mol. The first-order chi connectivity index (χ1) is 20.4. The predicted molar refractivity (Wildman–Crippen MR) is 169 cm³/mol. The van der Waals surface area contributed by atoms with Crippen molar-refractivity contribution in [2.45, 2.75) is 13.0 Å². The first kappa shape index (κ1) is 28.5. The van der Waals surface area contributed by atoms with Gasteiger partial charge in [-0.1, -0.05) is 23.2 Å². The SMILES string of the molecule is COc1cc(N2CCN(C)CC2)c(NC(=O)c2ccc(Cl)nc2)cc1Nc1ncc(Cl)c(N2CCc3sccc3C2)n1. The van der Waals surface area contributed by atoms with E-state index in [4.69, 9.17) is 32.9 Å². The molecule has 4 aromatic rings. The van der Waals surface area contributed by atoms with E-state index in [1.807, 2.05) is 12.1 Å². The number of likely N-dealkylation sites (N-methyl/N-ethyl adjacent to an activating group) is 1. The molecule has 0 bridgehead atoms. The van der Waals surface area contributed by atoms with Crippen molar-refractivity contribution >= 4 is 69.3 Å². The lowest BCUT2D eigenvalue weighted by atomic mass is 10.1. The lowest BCUT2D eigenvalue weighted by molar-refractivity contribution is 0.102. The molecule has 2 N–H and O–H groups in total. The minimum atomic E-state index is -0.298. The Kier molecular flexibility index (Phi) is 8.34. The van der Waals surface area contributed by atoms with Gasteiger partial charge in [-0.3, -0.25) is 4.79 Å². The number of halogens is 2. The number of aromatic nitrogens is 3. The van der Waals surface area contributed by atoms with Crippen molar-refractivity contribution in [3.05, 3.63) is 74.3 Å². The highest BCUT2D eigenvalue weighted by molar-refractivity contribution is 7.10. The summed E-state index contributed by atoms with van der Waals surface area (Å²) in [6, 6.07) is 9.18. The zero-order valence-electron chi connectivity index (χ0n) is 23.2. The van der Waals surface area contributed by atoms with E-state index in [1.165, 1.54) is 16.6 Å². The maximum atomic E-state index is 13.2. The molecule has 1 amide bonds. The normalized spacial score (nSPS) is 15.3. The van der Waals surface area contributed by atoms with E-state index in [1.54, 1.807) is 36.8 Å². The molecule has 1 fully saturated rings. The third-order valence-corrected chi connectivity index (χ3v) is 8.99. The van der Waals surface area contributed by atoms with Gasteiger partial charge in [0.05, 0.1) is 35.9 Å². The van der Waals surface area contributed by atoms with Gasteiger partial charge < -0.3 is 30.1 Å². The second kappa shape index (κ2) is 12.3. The van der Waals surface area contributed by atoms with Gasteiger partial charge in [-0.15, -0.1) is 11.3 Å². The van der Waals surface area contributed by atoms with Gasteiger partial charge in [0, 0.05) is 56.4 Å². The molecule has 5 heterocycles. The Hall–Kier alpha value is -3.64. The molecule has 2 aliphatic rings. The number of piperazine rings is 1. The lowest BCUT2D eigenvalue weighted by Gasteiger charge is -2.35. The summed E-state index contributed by atoms with van der Waals surface area (Å²) in [6.45, 7) is 4.99. The zero-order chi connectivity index (χ0) is 29.2. The Morgan fingerprint density at radius 1 is 1.00 bits per heavy atom. The van der Waals surface area contributed by atoms with Crippen molar-refractivity contribution in [3.63, 3.8) is 0 Å². The summed E-state index contributed by atoms with van der Waals surface area (Å²) in [5.74, 6) is 1.34. The molecule has 0 saturated carbocycles. The Morgan fingerprint density at radius 2 is 1.83 bits per heavy atom. The average molecular weight is 626 g/mol. The van der Waals surface area contributed by atoms with Gasteiger partial charge >= 0.3 is 0 Å². The maximum Gasteiger partial charge on any atom is 0.257 e. The predicted octanol–water partition coefficient (Wildman–Crippen LogP) is 5.56. The number of carbonyl (C=O) groups excluding carboxylic acids is 1. The Balaban J connectivity index is 1.32. The van der Waals surface area contributed by atoms with Crippen molar-refractivity contribution in [3.8, 4) is 5.75 Å². The summed E-state index contributed by atoms with van der Waals surface area (Å²) in [5, 5.41) is 9.31. The van der Waals surface area contributed by atoms with Crippen LogP contribution in [0.25, 0.3) is 0 Å². The summed E-state index contributed by atoms with van der Waals surface area (Å²) in [6.07, 6.45) is 4.01. The number of hydrogen-bond donors (Lipinski definition) is 2. The topological polar surface area (TPSA) is 98.8 Å². The van der Waals surface area contributed by atoms with Gasteiger partial charge in [0.2, 0.25) is 5.95 Å². The second-order valence-electron chi connectivity index (χ2n) is 10.2. The van der Waals surface area contributed by atoms with E-state index in [0.717, 1.165) is 51.4 Å². The number of amides is 1. The molecule has 0 aliphatic carbocycles. The van der Waals surface area contributed by atoms with Crippen molar-refractivity contribution in [1.82, 2.24) is 19.9 Å². The van der Waals surface area contributed by atoms with Crippen LogP contribution in [0.1, 0.15) is 20.8 Å². The Morgan fingerprint density at radius 3 is 2.60 bits per heavy atom. The maximum absolute atomic E-state index is 13.2. The van der Waals surface area contributed by atoms with Crippen LogP contribution < -0.4 is 25.2 Å². The fourth-order valence-corrected chi connectivity index (χ4v) is 6.35. The largest absolute Gasteiger partial charge is 0.494 e. The molecule has 10 nitrogen and oxygen atoms in total. The molecule has 0 atom stereocenters. The van der Waals surface area contributed by atoms with E-state index in [2.05, 4.69) is 53.8 Å². The molecule has 13 heteroatoms. The molecule has 3 aromatic heterocycles. The molecule has 6 rings (SSSR count). The molecule has 1 aromatic carbocycles. The highest BCUT2D eigenvalue weighted by atomic mass is 35.5. The average Bonchev–Trinajstić information content (AvgIpc) is 3.47. The number of benzene rings is 1. The molecule has 2 aliphatic heterocycles. The zero-order valence-corrected chi connectivity index (χ0v) is 25.6.